The van der Waals surface area contributed by atoms with Crippen molar-refractivity contribution in [2.45, 2.75) is 0 Å². The lowest BCUT2D eigenvalue weighted by Crippen LogP contribution is -2.43. The summed E-state index contributed by atoms with van der Waals surface area (Å²) in [7, 11) is 0. The Labute approximate surface area is 138 Å². The zero-order valence-corrected chi connectivity index (χ0v) is 13.1. The van der Waals surface area contributed by atoms with Gasteiger partial charge in [0.05, 0.1) is 16.1 Å². The summed E-state index contributed by atoms with van der Waals surface area (Å²) in [6.45, 7) is 3.72. The molecular formula is C17H17N5O2. The van der Waals surface area contributed by atoms with Gasteiger partial charge in [-0.05, 0) is 24.3 Å². The van der Waals surface area contributed by atoms with Crippen LogP contribution in [0.5, 0.6) is 0 Å². The van der Waals surface area contributed by atoms with E-state index in [1.54, 1.807) is 12.1 Å². The SMILES string of the molecule is O=[N+]([O-])c1ccc(-n2nc(N3CCNCC3)c3ccccc32)cc1. The lowest BCUT2D eigenvalue weighted by Gasteiger charge is -2.27. The van der Waals surface area contributed by atoms with Gasteiger partial charge in [-0.25, -0.2) is 4.68 Å². The largest absolute Gasteiger partial charge is 0.352 e. The molecule has 7 heteroatoms. The number of piperazine rings is 1. The van der Waals surface area contributed by atoms with Gasteiger partial charge in [-0.3, -0.25) is 10.1 Å². The third-order valence-corrected chi connectivity index (χ3v) is 4.29. The number of para-hydroxylation sites is 1. The van der Waals surface area contributed by atoms with Crippen LogP contribution >= 0.6 is 0 Å². The van der Waals surface area contributed by atoms with E-state index < -0.39 is 4.92 Å². The lowest BCUT2D eigenvalue weighted by atomic mass is 10.2. The van der Waals surface area contributed by atoms with Gasteiger partial charge in [0.25, 0.3) is 5.69 Å². The second-order valence-corrected chi connectivity index (χ2v) is 5.76. The maximum Gasteiger partial charge on any atom is 0.269 e. The maximum atomic E-state index is 10.8. The molecule has 3 aromatic rings. The van der Waals surface area contributed by atoms with Crippen LogP contribution in [0.25, 0.3) is 16.6 Å². The Morgan fingerprint density at radius 2 is 1.75 bits per heavy atom. The van der Waals surface area contributed by atoms with Crippen molar-refractivity contribution in [3.63, 3.8) is 0 Å². The highest BCUT2D eigenvalue weighted by atomic mass is 16.6. The van der Waals surface area contributed by atoms with Crippen LogP contribution in [0.2, 0.25) is 0 Å². The fourth-order valence-electron chi connectivity index (χ4n) is 3.07. The molecule has 7 nitrogen and oxygen atoms in total. The van der Waals surface area contributed by atoms with Crippen LogP contribution in [0.15, 0.2) is 48.5 Å². The first-order valence-electron chi connectivity index (χ1n) is 7.92. The number of non-ortho nitro benzene ring substituents is 1. The van der Waals surface area contributed by atoms with Crippen LogP contribution in [0.4, 0.5) is 11.5 Å². The summed E-state index contributed by atoms with van der Waals surface area (Å²) in [4.78, 5) is 12.7. The van der Waals surface area contributed by atoms with Crippen molar-refractivity contribution in [2.24, 2.45) is 0 Å². The Morgan fingerprint density at radius 3 is 2.46 bits per heavy atom. The molecule has 1 aromatic heterocycles. The van der Waals surface area contributed by atoms with Crippen molar-refractivity contribution >= 4 is 22.4 Å². The van der Waals surface area contributed by atoms with Gasteiger partial charge in [0.2, 0.25) is 0 Å². The van der Waals surface area contributed by atoms with Crippen LogP contribution < -0.4 is 10.2 Å². The van der Waals surface area contributed by atoms with Crippen molar-refractivity contribution in [3.8, 4) is 5.69 Å². The standard InChI is InChI=1S/C17H17N5O2/c23-22(24)14-7-5-13(6-8-14)21-16-4-2-1-3-15(16)17(19-21)20-11-9-18-10-12-20/h1-8,18H,9-12H2. The molecule has 2 aromatic carbocycles. The van der Waals surface area contributed by atoms with Crippen molar-refractivity contribution in [2.75, 3.05) is 31.1 Å². The number of rotatable bonds is 3. The van der Waals surface area contributed by atoms with Crippen LogP contribution in [0.3, 0.4) is 0 Å². The molecule has 4 rings (SSSR count). The number of hydrogen-bond donors (Lipinski definition) is 1. The van der Waals surface area contributed by atoms with E-state index in [1.165, 1.54) is 12.1 Å². The van der Waals surface area contributed by atoms with E-state index in [2.05, 4.69) is 16.3 Å². The monoisotopic (exact) mass is 323 g/mol. The van der Waals surface area contributed by atoms with E-state index in [4.69, 9.17) is 5.10 Å². The molecule has 1 fully saturated rings. The van der Waals surface area contributed by atoms with Gasteiger partial charge in [-0.2, -0.15) is 0 Å². The zero-order chi connectivity index (χ0) is 16.5. The van der Waals surface area contributed by atoms with E-state index >= 15 is 0 Å². The highest BCUT2D eigenvalue weighted by Crippen LogP contribution is 2.29. The normalized spacial score (nSPS) is 14.9. The summed E-state index contributed by atoms with van der Waals surface area (Å²) in [6.07, 6.45) is 0. The van der Waals surface area contributed by atoms with E-state index in [-0.39, 0.29) is 5.69 Å². The molecule has 24 heavy (non-hydrogen) atoms. The molecule has 0 bridgehead atoms. The quantitative estimate of drug-likeness (QED) is 0.591. The predicted molar refractivity (Wildman–Crippen MR) is 92.8 cm³/mol. The topological polar surface area (TPSA) is 76.2 Å². The van der Waals surface area contributed by atoms with Crippen molar-refractivity contribution < 1.29 is 4.92 Å². The zero-order valence-electron chi connectivity index (χ0n) is 13.1. The fourth-order valence-corrected chi connectivity index (χ4v) is 3.07. The molecule has 1 saturated heterocycles. The van der Waals surface area contributed by atoms with Gasteiger partial charge in [0, 0.05) is 43.7 Å². The summed E-state index contributed by atoms with van der Waals surface area (Å²) in [5.41, 5.74) is 1.90. The molecule has 0 atom stereocenters. The van der Waals surface area contributed by atoms with Gasteiger partial charge in [-0.1, -0.05) is 12.1 Å². The van der Waals surface area contributed by atoms with E-state index in [0.717, 1.165) is 48.6 Å². The summed E-state index contributed by atoms with van der Waals surface area (Å²) < 4.78 is 1.86. The predicted octanol–water partition coefficient (Wildman–Crippen LogP) is 2.34. The number of fused-ring (bicyclic) bond motifs is 1. The summed E-state index contributed by atoms with van der Waals surface area (Å²) >= 11 is 0. The minimum Gasteiger partial charge on any atom is -0.352 e. The van der Waals surface area contributed by atoms with E-state index in [0.29, 0.717) is 0 Å². The second-order valence-electron chi connectivity index (χ2n) is 5.76. The van der Waals surface area contributed by atoms with Crippen LogP contribution in [-0.4, -0.2) is 40.9 Å². The minimum atomic E-state index is -0.392. The van der Waals surface area contributed by atoms with Crippen molar-refractivity contribution in [3.05, 3.63) is 58.6 Å². The third-order valence-electron chi connectivity index (χ3n) is 4.29. The Hall–Kier alpha value is -2.93. The van der Waals surface area contributed by atoms with Crippen LogP contribution in [0.1, 0.15) is 0 Å². The molecule has 0 aliphatic carbocycles. The third kappa shape index (κ3) is 2.48. The Bertz CT molecular complexity index is 882. The molecule has 0 radical (unpaired) electrons. The molecule has 0 amide bonds. The molecule has 122 valence electrons. The first-order chi connectivity index (χ1) is 11.7. The molecule has 1 aliphatic heterocycles. The van der Waals surface area contributed by atoms with Crippen molar-refractivity contribution in [1.82, 2.24) is 15.1 Å². The first kappa shape index (κ1) is 14.6. The molecule has 1 aliphatic rings. The summed E-state index contributed by atoms with van der Waals surface area (Å²) in [5, 5.41) is 20.1. The number of nitro benzene ring substituents is 1. The number of nitro groups is 1. The first-order valence-corrected chi connectivity index (χ1v) is 7.92. The minimum absolute atomic E-state index is 0.0811. The maximum absolute atomic E-state index is 10.8. The van der Waals surface area contributed by atoms with Gasteiger partial charge >= 0.3 is 0 Å². The fraction of sp³-hybridized carbons (Fsp3) is 0.235. The van der Waals surface area contributed by atoms with Crippen LogP contribution in [-0.2, 0) is 0 Å². The number of anilines is 1. The Morgan fingerprint density at radius 1 is 1.04 bits per heavy atom. The lowest BCUT2D eigenvalue weighted by molar-refractivity contribution is -0.384. The molecule has 0 unspecified atom stereocenters. The van der Waals surface area contributed by atoms with E-state index in [9.17, 15) is 10.1 Å². The number of nitrogens with zero attached hydrogens (tertiary/aromatic N) is 4. The second kappa shape index (κ2) is 5.93. The number of nitrogens with one attached hydrogen (secondary N) is 1. The van der Waals surface area contributed by atoms with E-state index in [1.807, 2.05) is 22.9 Å². The summed E-state index contributed by atoms with van der Waals surface area (Å²) in [6, 6.07) is 14.6. The average Bonchev–Trinajstić information content (AvgIpc) is 3.02. The highest BCUT2D eigenvalue weighted by Gasteiger charge is 2.19. The highest BCUT2D eigenvalue weighted by molar-refractivity contribution is 5.91. The number of hydrogen-bond acceptors (Lipinski definition) is 5. The molecule has 0 saturated carbocycles. The van der Waals surface area contributed by atoms with Gasteiger partial charge in [0.15, 0.2) is 5.82 Å². The molecule has 0 spiro atoms. The Kier molecular flexibility index (Phi) is 3.62. The van der Waals surface area contributed by atoms with Gasteiger partial charge < -0.3 is 10.2 Å². The number of aromatic nitrogens is 2. The average molecular weight is 323 g/mol. The van der Waals surface area contributed by atoms with Gasteiger partial charge in [-0.15, -0.1) is 5.10 Å². The smallest absolute Gasteiger partial charge is 0.269 e. The number of benzene rings is 2. The molecule has 1 N–H and O–H groups in total. The van der Waals surface area contributed by atoms with Crippen molar-refractivity contribution in [1.29, 1.82) is 0 Å². The Balaban J connectivity index is 1.82. The molecule has 2 heterocycles. The summed E-state index contributed by atoms with van der Waals surface area (Å²) in [5.74, 6) is 0.963. The van der Waals surface area contributed by atoms with Gasteiger partial charge in [0.1, 0.15) is 0 Å². The molecular weight excluding hydrogens is 306 g/mol. The van der Waals surface area contributed by atoms with Crippen LogP contribution in [0, 0.1) is 10.1 Å².